The summed E-state index contributed by atoms with van der Waals surface area (Å²) in [6.07, 6.45) is 2.01. The van der Waals surface area contributed by atoms with Crippen molar-refractivity contribution in [3.63, 3.8) is 0 Å². The number of fused-ring (bicyclic) bond motifs is 1. The van der Waals surface area contributed by atoms with Crippen LogP contribution in [0.3, 0.4) is 0 Å². The number of hydrogen-bond donors (Lipinski definition) is 1. The van der Waals surface area contributed by atoms with E-state index in [4.69, 9.17) is 4.52 Å². The molecule has 0 unspecified atom stereocenters. The number of aromatic nitrogens is 1. The van der Waals surface area contributed by atoms with E-state index >= 15 is 0 Å². The number of carbonyl (C=O) groups is 2. The highest BCUT2D eigenvalue weighted by Gasteiger charge is 2.27. The van der Waals surface area contributed by atoms with Gasteiger partial charge in [-0.2, -0.15) is 0 Å². The molecule has 6 nitrogen and oxygen atoms in total. The first kappa shape index (κ1) is 18.4. The first-order chi connectivity index (χ1) is 12.4. The predicted octanol–water partition coefficient (Wildman–Crippen LogP) is 2.98. The Kier molecular flexibility index (Phi) is 5.54. The summed E-state index contributed by atoms with van der Waals surface area (Å²) in [4.78, 5) is 25.8. The number of nitrogens with one attached hydrogen (secondary N) is 1. The number of amides is 2. The monoisotopic (exact) mass is 361 g/mol. The molecule has 0 atom stereocenters. The standard InChI is InChI=1S/C19H24FN3O3/c1-12(2)21-17(24)5-6-18(25)23-9-7-13(8-10-23)19-15-4-3-14(20)11-16(15)26-22-19/h3-4,11-13H,5-10H2,1-2H3,(H,21,24). The van der Waals surface area contributed by atoms with Crippen molar-refractivity contribution in [3.05, 3.63) is 29.7 Å². The third kappa shape index (κ3) is 4.20. The van der Waals surface area contributed by atoms with Gasteiger partial charge in [0.1, 0.15) is 5.82 Å². The zero-order chi connectivity index (χ0) is 18.7. The van der Waals surface area contributed by atoms with Crippen LogP contribution in [0, 0.1) is 5.82 Å². The zero-order valence-electron chi connectivity index (χ0n) is 15.1. The van der Waals surface area contributed by atoms with Crippen LogP contribution in [0.2, 0.25) is 0 Å². The molecule has 0 spiro atoms. The van der Waals surface area contributed by atoms with Crippen LogP contribution in [0.1, 0.15) is 51.1 Å². The van der Waals surface area contributed by atoms with Crippen molar-refractivity contribution in [2.75, 3.05) is 13.1 Å². The van der Waals surface area contributed by atoms with Crippen molar-refractivity contribution in [3.8, 4) is 0 Å². The fourth-order valence-electron chi connectivity index (χ4n) is 3.40. The van der Waals surface area contributed by atoms with Gasteiger partial charge in [0.25, 0.3) is 0 Å². The highest BCUT2D eigenvalue weighted by Crippen LogP contribution is 2.32. The fourth-order valence-corrected chi connectivity index (χ4v) is 3.40. The van der Waals surface area contributed by atoms with Crippen molar-refractivity contribution in [2.45, 2.75) is 51.5 Å². The number of hydrogen-bond acceptors (Lipinski definition) is 4. The molecule has 1 fully saturated rings. The summed E-state index contributed by atoms with van der Waals surface area (Å²) < 4.78 is 18.5. The van der Waals surface area contributed by atoms with Gasteiger partial charge >= 0.3 is 0 Å². The SMILES string of the molecule is CC(C)NC(=O)CCC(=O)N1CCC(c2noc3cc(F)ccc23)CC1. The highest BCUT2D eigenvalue weighted by molar-refractivity contribution is 5.84. The molecule has 1 aliphatic rings. The average molecular weight is 361 g/mol. The highest BCUT2D eigenvalue weighted by atomic mass is 19.1. The van der Waals surface area contributed by atoms with Gasteiger partial charge in [0.2, 0.25) is 11.8 Å². The minimum atomic E-state index is -0.345. The predicted molar refractivity (Wildman–Crippen MR) is 95.0 cm³/mol. The summed E-state index contributed by atoms with van der Waals surface area (Å²) in [5.74, 6) is -0.240. The van der Waals surface area contributed by atoms with Crippen molar-refractivity contribution in [1.29, 1.82) is 0 Å². The van der Waals surface area contributed by atoms with Gasteiger partial charge < -0.3 is 14.7 Å². The second kappa shape index (κ2) is 7.85. The second-order valence-electron chi connectivity index (χ2n) is 7.09. The fraction of sp³-hybridized carbons (Fsp3) is 0.526. The van der Waals surface area contributed by atoms with Crippen LogP contribution in [0.15, 0.2) is 22.7 Å². The van der Waals surface area contributed by atoms with Gasteiger partial charge in [-0.1, -0.05) is 5.16 Å². The minimum absolute atomic E-state index is 0.00874. The van der Waals surface area contributed by atoms with Gasteiger partial charge in [-0.25, -0.2) is 4.39 Å². The van der Waals surface area contributed by atoms with E-state index in [1.165, 1.54) is 12.1 Å². The van der Waals surface area contributed by atoms with E-state index in [0.29, 0.717) is 18.7 Å². The first-order valence-electron chi connectivity index (χ1n) is 9.06. The molecule has 26 heavy (non-hydrogen) atoms. The second-order valence-corrected chi connectivity index (χ2v) is 7.09. The average Bonchev–Trinajstić information content (AvgIpc) is 3.02. The van der Waals surface area contributed by atoms with Crippen LogP contribution >= 0.6 is 0 Å². The lowest BCUT2D eigenvalue weighted by Crippen LogP contribution is -2.39. The summed E-state index contributed by atoms with van der Waals surface area (Å²) in [5.41, 5.74) is 1.29. The van der Waals surface area contributed by atoms with Crippen LogP contribution < -0.4 is 5.32 Å². The molecule has 2 heterocycles. The van der Waals surface area contributed by atoms with Gasteiger partial charge in [0.05, 0.1) is 5.69 Å². The van der Waals surface area contributed by atoms with E-state index in [1.54, 1.807) is 11.0 Å². The molecule has 1 saturated heterocycles. The quantitative estimate of drug-likeness (QED) is 0.888. The smallest absolute Gasteiger partial charge is 0.223 e. The number of benzene rings is 1. The van der Waals surface area contributed by atoms with Crippen molar-refractivity contribution >= 4 is 22.8 Å². The molecule has 7 heteroatoms. The van der Waals surface area contributed by atoms with Crippen LogP contribution in [-0.2, 0) is 9.59 Å². The number of likely N-dealkylation sites (tertiary alicyclic amines) is 1. The summed E-state index contributed by atoms with van der Waals surface area (Å²) in [6.45, 7) is 5.05. The Labute approximate surface area is 151 Å². The van der Waals surface area contributed by atoms with E-state index in [0.717, 1.165) is 23.9 Å². The Balaban J connectivity index is 1.53. The molecule has 2 aromatic rings. The van der Waals surface area contributed by atoms with E-state index < -0.39 is 0 Å². The number of piperidine rings is 1. The molecule has 1 N–H and O–H groups in total. The molecule has 0 radical (unpaired) electrons. The topological polar surface area (TPSA) is 75.4 Å². The van der Waals surface area contributed by atoms with Gasteiger partial charge in [-0.15, -0.1) is 0 Å². The van der Waals surface area contributed by atoms with Crippen LogP contribution in [0.25, 0.3) is 11.0 Å². The lowest BCUT2D eigenvalue weighted by atomic mass is 9.91. The van der Waals surface area contributed by atoms with E-state index in [1.807, 2.05) is 13.8 Å². The molecule has 1 aromatic heterocycles. The van der Waals surface area contributed by atoms with Crippen molar-refractivity contribution < 1.29 is 18.5 Å². The Bertz CT molecular complexity index is 794. The maximum absolute atomic E-state index is 13.3. The molecule has 1 aliphatic heterocycles. The Morgan fingerprint density at radius 1 is 1.31 bits per heavy atom. The number of nitrogens with zero attached hydrogens (tertiary/aromatic N) is 2. The molecular formula is C19H24FN3O3. The zero-order valence-corrected chi connectivity index (χ0v) is 15.1. The molecule has 140 valence electrons. The van der Waals surface area contributed by atoms with Gasteiger partial charge in [0.15, 0.2) is 5.58 Å². The third-order valence-corrected chi connectivity index (χ3v) is 4.71. The first-order valence-corrected chi connectivity index (χ1v) is 9.06. The minimum Gasteiger partial charge on any atom is -0.356 e. The van der Waals surface area contributed by atoms with Crippen molar-refractivity contribution in [2.24, 2.45) is 0 Å². The van der Waals surface area contributed by atoms with Crippen LogP contribution in [-0.4, -0.2) is 41.0 Å². The Morgan fingerprint density at radius 2 is 2.04 bits per heavy atom. The third-order valence-electron chi connectivity index (χ3n) is 4.71. The maximum atomic E-state index is 13.3. The molecule has 3 rings (SSSR count). The van der Waals surface area contributed by atoms with E-state index in [9.17, 15) is 14.0 Å². The van der Waals surface area contributed by atoms with E-state index in [-0.39, 0.29) is 42.4 Å². The van der Waals surface area contributed by atoms with Gasteiger partial charge in [-0.3, -0.25) is 9.59 Å². The summed E-state index contributed by atoms with van der Waals surface area (Å²) >= 11 is 0. The molecule has 2 amide bonds. The lowest BCUT2D eigenvalue weighted by molar-refractivity contribution is -0.134. The number of halogens is 1. The van der Waals surface area contributed by atoms with E-state index in [2.05, 4.69) is 10.5 Å². The van der Waals surface area contributed by atoms with Crippen LogP contribution in [0.5, 0.6) is 0 Å². The summed E-state index contributed by atoms with van der Waals surface area (Å²) in [5, 5.41) is 7.75. The molecule has 0 aliphatic carbocycles. The largest absolute Gasteiger partial charge is 0.356 e. The maximum Gasteiger partial charge on any atom is 0.223 e. The van der Waals surface area contributed by atoms with Gasteiger partial charge in [0, 0.05) is 49.3 Å². The normalized spacial score (nSPS) is 15.6. The van der Waals surface area contributed by atoms with Crippen molar-refractivity contribution in [1.82, 2.24) is 15.4 Å². The summed E-state index contributed by atoms with van der Waals surface area (Å²) in [7, 11) is 0. The molecule has 0 saturated carbocycles. The molecule has 1 aromatic carbocycles. The number of carbonyl (C=O) groups excluding carboxylic acids is 2. The Morgan fingerprint density at radius 3 is 2.73 bits per heavy atom. The number of rotatable bonds is 5. The molecule has 0 bridgehead atoms. The summed E-state index contributed by atoms with van der Waals surface area (Å²) in [6, 6.07) is 4.52. The van der Waals surface area contributed by atoms with Gasteiger partial charge in [-0.05, 0) is 38.8 Å². The lowest BCUT2D eigenvalue weighted by Gasteiger charge is -2.31. The molecular weight excluding hydrogens is 337 g/mol. The van der Waals surface area contributed by atoms with Crippen LogP contribution in [0.4, 0.5) is 4.39 Å². The Hall–Kier alpha value is -2.44.